The zero-order valence-electron chi connectivity index (χ0n) is 12.1. The molecule has 0 atom stereocenters. The molecule has 1 fully saturated rings. The van der Waals surface area contributed by atoms with Gasteiger partial charge in [-0.1, -0.05) is 29.8 Å². The number of pyridine rings is 1. The minimum Gasteiger partial charge on any atom is -0.297 e. The molecule has 3 nitrogen and oxygen atoms in total. The van der Waals surface area contributed by atoms with Crippen molar-refractivity contribution in [3.63, 3.8) is 0 Å². The lowest BCUT2D eigenvalue weighted by molar-refractivity contribution is 0.122. The molecule has 3 rings (SSSR count). The molecule has 2 aromatic rings. The average Bonchev–Trinajstić information content (AvgIpc) is 2.50. The van der Waals surface area contributed by atoms with E-state index < -0.39 is 0 Å². The minimum atomic E-state index is 0.822. The molecule has 0 radical (unpaired) electrons. The first-order valence-corrected chi connectivity index (χ1v) is 7.75. The van der Waals surface area contributed by atoms with Gasteiger partial charge in [-0.15, -0.1) is 0 Å². The first kappa shape index (κ1) is 14.5. The van der Waals surface area contributed by atoms with Gasteiger partial charge in [-0.3, -0.25) is 14.8 Å². The van der Waals surface area contributed by atoms with E-state index >= 15 is 0 Å². The van der Waals surface area contributed by atoms with Crippen LogP contribution in [0.2, 0.25) is 5.02 Å². The van der Waals surface area contributed by atoms with E-state index in [1.165, 1.54) is 11.1 Å². The van der Waals surface area contributed by atoms with Gasteiger partial charge in [-0.2, -0.15) is 0 Å². The van der Waals surface area contributed by atoms with Gasteiger partial charge in [0.05, 0.1) is 0 Å². The fourth-order valence-corrected chi connectivity index (χ4v) is 2.96. The molecule has 0 saturated carbocycles. The van der Waals surface area contributed by atoms with Crippen molar-refractivity contribution in [1.29, 1.82) is 0 Å². The van der Waals surface area contributed by atoms with Gasteiger partial charge in [0, 0.05) is 56.7 Å². The Kier molecular flexibility index (Phi) is 4.86. The molecule has 0 amide bonds. The lowest BCUT2D eigenvalue weighted by atomic mass is 10.2. The molecule has 0 aliphatic carbocycles. The fraction of sp³-hybridized carbons (Fsp3) is 0.353. The first-order valence-electron chi connectivity index (χ1n) is 7.38. The summed E-state index contributed by atoms with van der Waals surface area (Å²) in [5.41, 5.74) is 2.59. The summed E-state index contributed by atoms with van der Waals surface area (Å²) in [7, 11) is 0. The van der Waals surface area contributed by atoms with Crippen LogP contribution in [0.1, 0.15) is 11.1 Å². The smallest absolute Gasteiger partial charge is 0.0409 e. The highest BCUT2D eigenvalue weighted by Crippen LogP contribution is 2.14. The van der Waals surface area contributed by atoms with Crippen molar-refractivity contribution in [3.8, 4) is 0 Å². The van der Waals surface area contributed by atoms with Gasteiger partial charge >= 0.3 is 0 Å². The maximum absolute atomic E-state index is 6.04. The van der Waals surface area contributed by atoms with Crippen LogP contribution < -0.4 is 0 Å². The van der Waals surface area contributed by atoms with Crippen LogP contribution in [0.5, 0.6) is 0 Å². The van der Waals surface area contributed by atoms with Crippen LogP contribution >= 0.6 is 11.6 Å². The third-order valence-electron chi connectivity index (χ3n) is 3.89. The van der Waals surface area contributed by atoms with Crippen LogP contribution in [0.4, 0.5) is 0 Å². The summed E-state index contributed by atoms with van der Waals surface area (Å²) in [6, 6.07) is 12.3. The maximum Gasteiger partial charge on any atom is 0.0409 e. The van der Waals surface area contributed by atoms with E-state index in [4.69, 9.17) is 11.6 Å². The number of rotatable bonds is 4. The van der Waals surface area contributed by atoms with E-state index in [2.05, 4.69) is 33.0 Å². The molecule has 1 aromatic heterocycles. The van der Waals surface area contributed by atoms with Gasteiger partial charge < -0.3 is 0 Å². The molecule has 4 heteroatoms. The number of nitrogens with zero attached hydrogens (tertiary/aromatic N) is 3. The summed E-state index contributed by atoms with van der Waals surface area (Å²) in [5, 5.41) is 0.822. The summed E-state index contributed by atoms with van der Waals surface area (Å²) in [5.74, 6) is 0. The van der Waals surface area contributed by atoms with E-state index in [0.717, 1.165) is 44.3 Å². The molecule has 0 N–H and O–H groups in total. The Morgan fingerprint density at radius 1 is 0.905 bits per heavy atom. The maximum atomic E-state index is 6.04. The van der Waals surface area contributed by atoms with Crippen LogP contribution in [-0.2, 0) is 13.1 Å². The molecule has 2 heterocycles. The van der Waals surface area contributed by atoms with E-state index in [1.807, 2.05) is 30.6 Å². The molecule has 1 aliphatic heterocycles. The summed E-state index contributed by atoms with van der Waals surface area (Å²) in [6.45, 7) is 6.41. The number of halogens is 1. The van der Waals surface area contributed by atoms with E-state index in [0.29, 0.717) is 0 Å². The zero-order chi connectivity index (χ0) is 14.5. The Labute approximate surface area is 131 Å². The second kappa shape index (κ2) is 7.03. The normalized spacial score (nSPS) is 17.0. The Morgan fingerprint density at radius 3 is 2.19 bits per heavy atom. The largest absolute Gasteiger partial charge is 0.297 e. The number of benzene rings is 1. The molecule has 1 aromatic carbocycles. The van der Waals surface area contributed by atoms with Crippen LogP contribution in [-0.4, -0.2) is 41.0 Å². The molecular formula is C17H20ClN3. The summed E-state index contributed by atoms with van der Waals surface area (Å²) in [6.07, 6.45) is 3.78. The average molecular weight is 302 g/mol. The summed E-state index contributed by atoms with van der Waals surface area (Å²) >= 11 is 6.04. The van der Waals surface area contributed by atoms with Crippen molar-refractivity contribution in [2.24, 2.45) is 0 Å². The van der Waals surface area contributed by atoms with Crippen molar-refractivity contribution >= 4 is 11.6 Å². The molecule has 0 unspecified atom stereocenters. The number of piperazine rings is 1. The third kappa shape index (κ3) is 4.27. The second-order valence-electron chi connectivity index (χ2n) is 5.54. The number of hydrogen-bond donors (Lipinski definition) is 0. The third-order valence-corrected chi connectivity index (χ3v) is 4.12. The van der Waals surface area contributed by atoms with Crippen LogP contribution in [0, 0.1) is 0 Å². The fourth-order valence-electron chi connectivity index (χ4n) is 2.75. The van der Waals surface area contributed by atoms with Crippen molar-refractivity contribution in [2.75, 3.05) is 26.2 Å². The van der Waals surface area contributed by atoms with Gasteiger partial charge in [0.1, 0.15) is 0 Å². The monoisotopic (exact) mass is 301 g/mol. The lowest BCUT2D eigenvalue weighted by Gasteiger charge is -2.34. The lowest BCUT2D eigenvalue weighted by Crippen LogP contribution is -2.45. The first-order chi connectivity index (χ1) is 10.3. The SMILES string of the molecule is Clc1cccc(CN2CCN(Cc3cccnc3)CC2)c1. The molecule has 1 saturated heterocycles. The minimum absolute atomic E-state index is 0.822. The quantitative estimate of drug-likeness (QED) is 0.865. The molecule has 110 valence electrons. The van der Waals surface area contributed by atoms with Crippen LogP contribution in [0.3, 0.4) is 0 Å². The van der Waals surface area contributed by atoms with Crippen molar-refractivity contribution in [3.05, 3.63) is 64.9 Å². The van der Waals surface area contributed by atoms with E-state index in [1.54, 1.807) is 0 Å². The predicted molar refractivity (Wildman–Crippen MR) is 86.2 cm³/mol. The van der Waals surface area contributed by atoms with E-state index in [9.17, 15) is 0 Å². The topological polar surface area (TPSA) is 19.4 Å². The molecular weight excluding hydrogens is 282 g/mol. The van der Waals surface area contributed by atoms with Gasteiger partial charge in [0.2, 0.25) is 0 Å². The second-order valence-corrected chi connectivity index (χ2v) is 5.98. The van der Waals surface area contributed by atoms with Gasteiger partial charge in [0.15, 0.2) is 0 Å². The molecule has 1 aliphatic rings. The number of aromatic nitrogens is 1. The zero-order valence-corrected chi connectivity index (χ0v) is 12.8. The van der Waals surface area contributed by atoms with Gasteiger partial charge in [-0.05, 0) is 29.3 Å². The Balaban J connectivity index is 1.49. The van der Waals surface area contributed by atoms with Gasteiger partial charge in [0.25, 0.3) is 0 Å². The highest BCUT2D eigenvalue weighted by atomic mass is 35.5. The Hall–Kier alpha value is -1.42. The summed E-state index contributed by atoms with van der Waals surface area (Å²) < 4.78 is 0. The predicted octanol–water partition coefficient (Wildman–Crippen LogP) is 3.05. The number of hydrogen-bond acceptors (Lipinski definition) is 3. The van der Waals surface area contributed by atoms with Crippen LogP contribution in [0.15, 0.2) is 48.8 Å². The van der Waals surface area contributed by atoms with Crippen molar-refractivity contribution in [2.45, 2.75) is 13.1 Å². The highest BCUT2D eigenvalue weighted by Gasteiger charge is 2.17. The van der Waals surface area contributed by atoms with Crippen LogP contribution in [0.25, 0.3) is 0 Å². The molecule has 0 spiro atoms. The standard InChI is InChI=1S/C17H20ClN3/c18-17-5-1-3-15(11-17)13-20-7-9-21(10-8-20)14-16-4-2-6-19-12-16/h1-6,11-12H,7-10,13-14H2. The Morgan fingerprint density at radius 2 is 1.57 bits per heavy atom. The Bertz CT molecular complexity index is 565. The van der Waals surface area contributed by atoms with Crippen molar-refractivity contribution in [1.82, 2.24) is 14.8 Å². The molecule has 0 bridgehead atoms. The van der Waals surface area contributed by atoms with Crippen molar-refractivity contribution < 1.29 is 0 Å². The highest BCUT2D eigenvalue weighted by molar-refractivity contribution is 6.30. The van der Waals surface area contributed by atoms with Gasteiger partial charge in [-0.25, -0.2) is 0 Å². The summed E-state index contributed by atoms with van der Waals surface area (Å²) in [4.78, 5) is 9.16. The van der Waals surface area contributed by atoms with E-state index in [-0.39, 0.29) is 0 Å². The molecule has 21 heavy (non-hydrogen) atoms.